The average Bonchev–Trinajstić information content (AvgIpc) is 2.42. The lowest BCUT2D eigenvalue weighted by atomic mass is 10.2. The molecule has 0 aliphatic rings. The third kappa shape index (κ3) is 3.29. The maximum absolute atomic E-state index is 11.5. The highest BCUT2D eigenvalue weighted by Crippen LogP contribution is 2.32. The van der Waals surface area contributed by atoms with E-state index in [0.29, 0.717) is 11.3 Å². The van der Waals surface area contributed by atoms with Gasteiger partial charge in [-0.3, -0.25) is 4.79 Å². The summed E-state index contributed by atoms with van der Waals surface area (Å²) in [5, 5.41) is 2.58. The molecule has 0 saturated carbocycles. The van der Waals surface area contributed by atoms with Crippen LogP contribution in [0.25, 0.3) is 0 Å². The van der Waals surface area contributed by atoms with Crippen LogP contribution in [-0.4, -0.2) is 13.0 Å². The van der Waals surface area contributed by atoms with Crippen molar-refractivity contribution in [3.8, 4) is 0 Å². The molecule has 0 fully saturated rings. The predicted molar refractivity (Wildman–Crippen MR) is 79.5 cm³/mol. The van der Waals surface area contributed by atoms with Crippen molar-refractivity contribution in [1.29, 1.82) is 0 Å². The van der Waals surface area contributed by atoms with Gasteiger partial charge in [-0.05, 0) is 37.3 Å². The fourth-order valence-corrected chi connectivity index (χ4v) is 2.50. The van der Waals surface area contributed by atoms with Crippen LogP contribution in [0.1, 0.15) is 15.9 Å². The Labute approximate surface area is 117 Å². The fraction of sp³-hybridized carbons (Fsp3) is 0.133. The van der Waals surface area contributed by atoms with Crippen LogP contribution in [0, 0.1) is 6.92 Å². The number of nitrogen functional groups attached to an aromatic ring is 1. The van der Waals surface area contributed by atoms with Crippen LogP contribution >= 0.6 is 11.8 Å². The van der Waals surface area contributed by atoms with Crippen molar-refractivity contribution in [1.82, 2.24) is 5.32 Å². The zero-order valence-corrected chi connectivity index (χ0v) is 11.8. The molecule has 3 nitrogen and oxygen atoms in total. The molecule has 2 aromatic rings. The third-order valence-electron chi connectivity index (χ3n) is 2.75. The van der Waals surface area contributed by atoms with Crippen molar-refractivity contribution < 1.29 is 4.79 Å². The third-order valence-corrected chi connectivity index (χ3v) is 3.85. The van der Waals surface area contributed by atoms with Crippen molar-refractivity contribution in [2.45, 2.75) is 16.7 Å². The highest BCUT2D eigenvalue weighted by atomic mass is 32.2. The highest BCUT2D eigenvalue weighted by Gasteiger charge is 2.07. The number of hydrogen-bond donors (Lipinski definition) is 2. The van der Waals surface area contributed by atoms with Gasteiger partial charge in [0, 0.05) is 28.1 Å². The van der Waals surface area contributed by atoms with E-state index in [-0.39, 0.29) is 5.91 Å². The largest absolute Gasteiger partial charge is 0.398 e. The molecule has 2 rings (SSSR count). The first-order valence-electron chi connectivity index (χ1n) is 5.96. The Hall–Kier alpha value is -1.94. The van der Waals surface area contributed by atoms with E-state index in [0.717, 1.165) is 9.79 Å². The molecule has 0 aliphatic carbocycles. The smallest absolute Gasteiger partial charge is 0.251 e. The summed E-state index contributed by atoms with van der Waals surface area (Å²) in [6.45, 7) is 2.06. The number of amides is 1. The summed E-state index contributed by atoms with van der Waals surface area (Å²) in [7, 11) is 1.60. The first kappa shape index (κ1) is 13.5. The summed E-state index contributed by atoms with van der Waals surface area (Å²) in [5.74, 6) is -0.126. The lowest BCUT2D eigenvalue weighted by Gasteiger charge is -2.07. The van der Waals surface area contributed by atoms with Crippen LogP contribution < -0.4 is 11.1 Å². The minimum absolute atomic E-state index is 0.126. The molecule has 98 valence electrons. The number of rotatable bonds is 3. The van der Waals surface area contributed by atoms with E-state index in [1.54, 1.807) is 30.9 Å². The fourth-order valence-electron chi connectivity index (χ4n) is 1.66. The molecule has 19 heavy (non-hydrogen) atoms. The van der Waals surface area contributed by atoms with Gasteiger partial charge in [-0.2, -0.15) is 0 Å². The van der Waals surface area contributed by atoms with E-state index >= 15 is 0 Å². The minimum Gasteiger partial charge on any atom is -0.398 e. The molecule has 0 aromatic heterocycles. The average molecular weight is 272 g/mol. The van der Waals surface area contributed by atoms with Gasteiger partial charge in [0.05, 0.1) is 0 Å². The van der Waals surface area contributed by atoms with E-state index in [2.05, 4.69) is 36.5 Å². The van der Waals surface area contributed by atoms with Crippen LogP contribution in [0.4, 0.5) is 5.69 Å². The Morgan fingerprint density at radius 1 is 1.16 bits per heavy atom. The van der Waals surface area contributed by atoms with Crippen molar-refractivity contribution in [3.05, 3.63) is 53.6 Å². The van der Waals surface area contributed by atoms with Crippen LogP contribution in [0.5, 0.6) is 0 Å². The molecule has 0 heterocycles. The number of anilines is 1. The van der Waals surface area contributed by atoms with Crippen molar-refractivity contribution in [3.63, 3.8) is 0 Å². The lowest BCUT2D eigenvalue weighted by molar-refractivity contribution is 0.0963. The monoisotopic (exact) mass is 272 g/mol. The second kappa shape index (κ2) is 5.80. The van der Waals surface area contributed by atoms with Crippen LogP contribution in [0.15, 0.2) is 52.3 Å². The summed E-state index contributed by atoms with van der Waals surface area (Å²) < 4.78 is 0. The summed E-state index contributed by atoms with van der Waals surface area (Å²) in [4.78, 5) is 13.6. The maximum atomic E-state index is 11.5. The summed E-state index contributed by atoms with van der Waals surface area (Å²) in [6.07, 6.45) is 0. The van der Waals surface area contributed by atoms with E-state index in [1.807, 2.05) is 6.07 Å². The second-order valence-electron chi connectivity index (χ2n) is 4.25. The SMILES string of the molecule is CNC(=O)c1ccc(Sc2ccc(C)cc2)c(N)c1. The molecule has 2 aromatic carbocycles. The molecule has 0 bridgehead atoms. The van der Waals surface area contributed by atoms with Gasteiger partial charge in [-0.1, -0.05) is 29.5 Å². The zero-order chi connectivity index (χ0) is 13.8. The summed E-state index contributed by atoms with van der Waals surface area (Å²) in [6, 6.07) is 13.6. The quantitative estimate of drug-likeness (QED) is 0.844. The van der Waals surface area contributed by atoms with E-state index in [4.69, 9.17) is 5.73 Å². The van der Waals surface area contributed by atoms with Crippen molar-refractivity contribution >= 4 is 23.4 Å². The van der Waals surface area contributed by atoms with Gasteiger partial charge in [0.25, 0.3) is 5.91 Å². The topological polar surface area (TPSA) is 55.1 Å². The van der Waals surface area contributed by atoms with E-state index < -0.39 is 0 Å². The molecule has 0 spiro atoms. The Morgan fingerprint density at radius 2 is 1.84 bits per heavy atom. The molecular weight excluding hydrogens is 256 g/mol. The molecule has 0 unspecified atom stereocenters. The van der Waals surface area contributed by atoms with E-state index in [9.17, 15) is 4.79 Å². The number of nitrogens with two attached hydrogens (primary N) is 1. The summed E-state index contributed by atoms with van der Waals surface area (Å²) in [5.41, 5.74) is 8.41. The molecule has 0 saturated heterocycles. The number of aryl methyl sites for hydroxylation is 1. The van der Waals surface area contributed by atoms with Gasteiger partial charge in [0.2, 0.25) is 0 Å². The normalized spacial score (nSPS) is 10.2. The van der Waals surface area contributed by atoms with Crippen LogP contribution in [-0.2, 0) is 0 Å². The Morgan fingerprint density at radius 3 is 2.42 bits per heavy atom. The van der Waals surface area contributed by atoms with Gasteiger partial charge in [-0.25, -0.2) is 0 Å². The van der Waals surface area contributed by atoms with Gasteiger partial charge < -0.3 is 11.1 Å². The summed E-state index contributed by atoms with van der Waals surface area (Å²) >= 11 is 1.59. The van der Waals surface area contributed by atoms with E-state index in [1.165, 1.54) is 5.56 Å². The number of hydrogen-bond acceptors (Lipinski definition) is 3. The molecule has 4 heteroatoms. The molecule has 0 aliphatic heterocycles. The first-order valence-corrected chi connectivity index (χ1v) is 6.78. The maximum Gasteiger partial charge on any atom is 0.251 e. The first-order chi connectivity index (χ1) is 9.10. The minimum atomic E-state index is -0.126. The molecule has 0 atom stereocenters. The molecule has 3 N–H and O–H groups in total. The molecule has 0 radical (unpaired) electrons. The zero-order valence-electron chi connectivity index (χ0n) is 10.9. The number of nitrogens with one attached hydrogen (secondary N) is 1. The Balaban J connectivity index is 2.22. The Bertz CT molecular complexity index is 594. The Kier molecular flexibility index (Phi) is 4.12. The number of benzene rings is 2. The highest BCUT2D eigenvalue weighted by molar-refractivity contribution is 7.99. The molecular formula is C15H16N2OS. The van der Waals surface area contributed by atoms with Crippen LogP contribution in [0.3, 0.4) is 0 Å². The second-order valence-corrected chi connectivity index (χ2v) is 5.36. The van der Waals surface area contributed by atoms with Crippen molar-refractivity contribution in [2.24, 2.45) is 0 Å². The van der Waals surface area contributed by atoms with Gasteiger partial charge >= 0.3 is 0 Å². The van der Waals surface area contributed by atoms with Gasteiger partial charge in [0.15, 0.2) is 0 Å². The standard InChI is InChI=1S/C15H16N2OS/c1-10-3-6-12(7-4-10)19-14-8-5-11(9-13(14)16)15(18)17-2/h3-9H,16H2,1-2H3,(H,17,18). The number of carbonyl (C=O) groups is 1. The number of carbonyl (C=O) groups excluding carboxylic acids is 1. The van der Waals surface area contributed by atoms with Crippen molar-refractivity contribution in [2.75, 3.05) is 12.8 Å². The molecule has 1 amide bonds. The predicted octanol–water partition coefficient (Wildman–Crippen LogP) is 3.09. The van der Waals surface area contributed by atoms with Gasteiger partial charge in [-0.15, -0.1) is 0 Å². The lowest BCUT2D eigenvalue weighted by Crippen LogP contribution is -2.17. The van der Waals surface area contributed by atoms with Gasteiger partial charge in [0.1, 0.15) is 0 Å². The van der Waals surface area contributed by atoms with Crippen LogP contribution in [0.2, 0.25) is 0 Å².